The van der Waals surface area contributed by atoms with E-state index in [0.717, 1.165) is 70.4 Å². The quantitative estimate of drug-likeness (QED) is 0.520. The molecular weight excluding hydrogens is 472 g/mol. The molecule has 2 aliphatic carbocycles. The van der Waals surface area contributed by atoms with Crippen LogP contribution in [-0.2, 0) is 23.0 Å². The van der Waals surface area contributed by atoms with Gasteiger partial charge in [-0.15, -0.1) is 0 Å². The number of hydrogen-bond donors (Lipinski definition) is 0. The van der Waals surface area contributed by atoms with E-state index in [9.17, 15) is 8.42 Å². The van der Waals surface area contributed by atoms with Crippen LogP contribution < -0.4 is 0 Å². The number of hydrogen-bond acceptors (Lipinski definition) is 6. The van der Waals surface area contributed by atoms with Crippen LogP contribution >= 0.6 is 11.6 Å². The summed E-state index contributed by atoms with van der Waals surface area (Å²) in [5.74, 6) is 1.89. The van der Waals surface area contributed by atoms with Crippen molar-refractivity contribution in [2.75, 3.05) is 13.1 Å². The minimum atomic E-state index is -3.63. The van der Waals surface area contributed by atoms with Gasteiger partial charge >= 0.3 is 0 Å². The minimum Gasteiger partial charge on any atom is -0.339 e. The third kappa shape index (κ3) is 4.43. The molecule has 2 aromatic rings. The standard InChI is InChI=1S/C25H33ClN4O3S/c26-19-8-10-20(11-9-19)34(31,32)30-21(18-6-7-18)4-3-5-22(30)25(12-13-25)16-24-27-23(28-33-24)17-29-14-1-2-15-29/h8-11,18,21-22H,1-7,12-17H2/t21-,22+/m0/s1. The van der Waals surface area contributed by atoms with E-state index in [1.165, 1.54) is 12.8 Å². The van der Waals surface area contributed by atoms with Gasteiger partial charge in [0, 0.05) is 23.5 Å². The van der Waals surface area contributed by atoms with Crippen LogP contribution in [-0.4, -0.2) is 52.9 Å². The Morgan fingerprint density at radius 3 is 2.44 bits per heavy atom. The van der Waals surface area contributed by atoms with Crippen LogP contribution in [0.3, 0.4) is 0 Å². The molecule has 2 atom stereocenters. The second-order valence-corrected chi connectivity index (χ2v) is 13.0. The lowest BCUT2D eigenvalue weighted by Gasteiger charge is -2.45. The normalized spacial score (nSPS) is 27.8. The molecule has 184 valence electrons. The largest absolute Gasteiger partial charge is 0.339 e. The van der Waals surface area contributed by atoms with Crippen LogP contribution in [0, 0.1) is 11.3 Å². The molecule has 2 saturated heterocycles. The average Bonchev–Trinajstić information content (AvgIpc) is 3.73. The zero-order valence-electron chi connectivity index (χ0n) is 19.5. The molecule has 0 bridgehead atoms. The molecule has 1 aromatic heterocycles. The summed E-state index contributed by atoms with van der Waals surface area (Å²) >= 11 is 6.06. The van der Waals surface area contributed by atoms with E-state index in [0.29, 0.717) is 28.1 Å². The molecule has 4 aliphatic rings. The number of aromatic nitrogens is 2. The van der Waals surface area contributed by atoms with Crippen LogP contribution in [0.4, 0.5) is 0 Å². The first-order valence-electron chi connectivity index (χ1n) is 12.8. The Hall–Kier alpha value is -1.48. The summed E-state index contributed by atoms with van der Waals surface area (Å²) in [6.07, 6.45) is 10.3. The van der Waals surface area contributed by atoms with Crippen molar-refractivity contribution in [3.05, 3.63) is 41.0 Å². The summed E-state index contributed by atoms with van der Waals surface area (Å²) in [7, 11) is -3.63. The second-order valence-electron chi connectivity index (χ2n) is 10.8. The second kappa shape index (κ2) is 8.87. The highest BCUT2D eigenvalue weighted by Gasteiger charge is 2.58. The number of nitrogens with zero attached hydrogens (tertiary/aromatic N) is 4. The zero-order valence-corrected chi connectivity index (χ0v) is 21.1. The Labute approximate surface area is 206 Å². The lowest BCUT2D eigenvalue weighted by molar-refractivity contribution is 0.101. The van der Waals surface area contributed by atoms with Gasteiger partial charge < -0.3 is 4.52 Å². The van der Waals surface area contributed by atoms with Gasteiger partial charge in [-0.25, -0.2) is 8.42 Å². The van der Waals surface area contributed by atoms with Crippen LogP contribution in [0.25, 0.3) is 0 Å². The fraction of sp³-hybridized carbons (Fsp3) is 0.680. The maximum absolute atomic E-state index is 14.0. The molecule has 0 unspecified atom stereocenters. The Morgan fingerprint density at radius 2 is 1.76 bits per heavy atom. The summed E-state index contributed by atoms with van der Waals surface area (Å²) in [5.41, 5.74) is -0.107. The number of likely N-dealkylation sites (tertiary alicyclic amines) is 1. The predicted octanol–water partition coefficient (Wildman–Crippen LogP) is 4.66. The molecule has 0 radical (unpaired) electrons. The summed E-state index contributed by atoms with van der Waals surface area (Å²) in [6, 6.07) is 6.71. The molecule has 3 heterocycles. The van der Waals surface area contributed by atoms with E-state index >= 15 is 0 Å². The van der Waals surface area contributed by atoms with Crippen molar-refractivity contribution in [1.29, 1.82) is 0 Å². The van der Waals surface area contributed by atoms with Crippen molar-refractivity contribution in [3.63, 3.8) is 0 Å². The number of rotatable bonds is 8. The molecule has 6 rings (SSSR count). The maximum Gasteiger partial charge on any atom is 0.243 e. The monoisotopic (exact) mass is 504 g/mol. The minimum absolute atomic E-state index is 0.0264. The van der Waals surface area contributed by atoms with E-state index < -0.39 is 10.0 Å². The van der Waals surface area contributed by atoms with Crippen LogP contribution in [0.15, 0.2) is 33.7 Å². The Bertz CT molecular complexity index is 1120. The molecule has 2 aliphatic heterocycles. The Morgan fingerprint density at radius 1 is 1.03 bits per heavy atom. The van der Waals surface area contributed by atoms with Gasteiger partial charge in [0.25, 0.3) is 0 Å². The van der Waals surface area contributed by atoms with Gasteiger partial charge in [-0.1, -0.05) is 23.2 Å². The van der Waals surface area contributed by atoms with E-state index in [4.69, 9.17) is 21.1 Å². The number of benzene rings is 1. The third-order valence-corrected chi connectivity index (χ3v) is 10.5. The first-order chi connectivity index (χ1) is 16.4. The van der Waals surface area contributed by atoms with Crippen LogP contribution in [0.1, 0.15) is 69.5 Å². The summed E-state index contributed by atoms with van der Waals surface area (Å²) in [5, 5.41) is 4.79. The van der Waals surface area contributed by atoms with Gasteiger partial charge in [-0.3, -0.25) is 4.90 Å². The Balaban J connectivity index is 1.27. The Kier molecular flexibility index (Phi) is 5.99. The fourth-order valence-corrected chi connectivity index (χ4v) is 8.38. The van der Waals surface area contributed by atoms with Crippen molar-refractivity contribution in [2.24, 2.45) is 11.3 Å². The number of halogens is 1. The number of sulfonamides is 1. The highest BCUT2D eigenvalue weighted by atomic mass is 35.5. The first kappa shape index (κ1) is 23.0. The molecule has 4 fully saturated rings. The van der Waals surface area contributed by atoms with E-state index in [1.54, 1.807) is 24.3 Å². The summed E-state index contributed by atoms with van der Waals surface area (Å²) in [6.45, 7) is 2.92. The molecular formula is C25H33ClN4O3S. The number of piperidine rings is 1. The molecule has 9 heteroatoms. The smallest absolute Gasteiger partial charge is 0.243 e. The van der Waals surface area contributed by atoms with Crippen LogP contribution in [0.2, 0.25) is 5.02 Å². The van der Waals surface area contributed by atoms with Crippen molar-refractivity contribution in [2.45, 2.75) is 87.7 Å². The predicted molar refractivity (Wildman–Crippen MR) is 129 cm³/mol. The molecule has 2 saturated carbocycles. The van der Waals surface area contributed by atoms with Crippen molar-refractivity contribution >= 4 is 21.6 Å². The third-order valence-electron chi connectivity index (χ3n) is 8.34. The zero-order chi connectivity index (χ0) is 23.3. The topological polar surface area (TPSA) is 79.5 Å². The van der Waals surface area contributed by atoms with Gasteiger partial charge in [0.15, 0.2) is 5.82 Å². The van der Waals surface area contributed by atoms with Crippen LogP contribution in [0.5, 0.6) is 0 Å². The maximum atomic E-state index is 14.0. The van der Waals surface area contributed by atoms with Gasteiger partial charge in [0.05, 0.1) is 11.4 Å². The molecule has 7 nitrogen and oxygen atoms in total. The molecule has 0 spiro atoms. The molecule has 0 amide bonds. The van der Waals surface area contributed by atoms with Crippen molar-refractivity contribution < 1.29 is 12.9 Å². The van der Waals surface area contributed by atoms with E-state index in [-0.39, 0.29) is 17.5 Å². The van der Waals surface area contributed by atoms with Crippen molar-refractivity contribution in [3.8, 4) is 0 Å². The SMILES string of the molecule is O=S(=O)(c1ccc(Cl)cc1)N1[C@H](C2CC2)CCC[C@@H]1C1(Cc2nc(CN3CCCC3)no2)CC1. The lowest BCUT2D eigenvalue weighted by atomic mass is 9.83. The summed E-state index contributed by atoms with van der Waals surface area (Å²) < 4.78 is 35.6. The van der Waals surface area contributed by atoms with E-state index in [1.807, 2.05) is 4.31 Å². The summed E-state index contributed by atoms with van der Waals surface area (Å²) in [4.78, 5) is 7.42. The fourth-order valence-electron chi connectivity index (χ4n) is 6.24. The average molecular weight is 505 g/mol. The van der Waals surface area contributed by atoms with Gasteiger partial charge in [-0.05, 0) is 100 Å². The first-order valence-corrected chi connectivity index (χ1v) is 14.6. The highest BCUT2D eigenvalue weighted by molar-refractivity contribution is 7.89. The van der Waals surface area contributed by atoms with Gasteiger partial charge in [0.1, 0.15) is 0 Å². The lowest BCUT2D eigenvalue weighted by Crippen LogP contribution is -2.54. The molecule has 0 N–H and O–H groups in total. The molecule has 1 aromatic carbocycles. The molecule has 34 heavy (non-hydrogen) atoms. The highest BCUT2D eigenvalue weighted by Crippen LogP contribution is 2.58. The van der Waals surface area contributed by atoms with E-state index in [2.05, 4.69) is 10.1 Å². The van der Waals surface area contributed by atoms with Crippen molar-refractivity contribution in [1.82, 2.24) is 19.3 Å². The van der Waals surface area contributed by atoms with Gasteiger partial charge in [0.2, 0.25) is 15.9 Å². The van der Waals surface area contributed by atoms with Gasteiger partial charge in [-0.2, -0.15) is 9.29 Å².